The summed E-state index contributed by atoms with van der Waals surface area (Å²) >= 11 is 1.32. The third-order valence-electron chi connectivity index (χ3n) is 2.48. The highest BCUT2D eigenvalue weighted by atomic mass is 32.1. The summed E-state index contributed by atoms with van der Waals surface area (Å²) in [7, 11) is 0. The number of hydrogen-bond donors (Lipinski definition) is 0. The van der Waals surface area contributed by atoms with Crippen molar-refractivity contribution in [3.63, 3.8) is 0 Å². The van der Waals surface area contributed by atoms with Gasteiger partial charge in [-0.15, -0.1) is 11.3 Å². The molecule has 0 fully saturated rings. The lowest BCUT2D eigenvalue weighted by atomic mass is 10.1. The van der Waals surface area contributed by atoms with Gasteiger partial charge in [-0.3, -0.25) is 0 Å². The predicted octanol–water partition coefficient (Wildman–Crippen LogP) is 3.17. The minimum Gasteiger partial charge on any atom is -0.462 e. The maximum Gasteiger partial charge on any atom is 0.350 e. The Kier molecular flexibility index (Phi) is 3.93. The second-order valence-electron chi connectivity index (χ2n) is 3.82. The zero-order valence-electron chi connectivity index (χ0n) is 10.6. The second kappa shape index (κ2) is 5.63. The van der Waals surface area contributed by atoms with Crippen molar-refractivity contribution >= 4 is 17.3 Å². The van der Waals surface area contributed by atoms with Crippen molar-refractivity contribution in [2.75, 3.05) is 6.61 Å². The lowest BCUT2D eigenvalue weighted by molar-refractivity contribution is 0.0532. The van der Waals surface area contributed by atoms with Crippen LogP contribution in [0, 0.1) is 18.3 Å². The number of carbonyl (C=O) groups excluding carboxylic acids is 1. The van der Waals surface area contributed by atoms with Crippen LogP contribution in [0.4, 0.5) is 0 Å². The molecule has 2 aromatic rings. The fourth-order valence-electron chi connectivity index (χ4n) is 1.66. The summed E-state index contributed by atoms with van der Waals surface area (Å²) in [4.78, 5) is 16.7. The number of rotatable bonds is 3. The average Bonchev–Trinajstić information content (AvgIpc) is 2.81. The standard InChI is InChI=1S/C14H12N2O2S/c1-3-18-14(17)13-12(16-9(2)19-13)11-6-4-10(8-15)5-7-11/h4-7H,3H2,1-2H3. The number of hydrogen-bond acceptors (Lipinski definition) is 5. The average molecular weight is 272 g/mol. The molecule has 0 aliphatic carbocycles. The fourth-order valence-corrected chi connectivity index (χ4v) is 2.50. The predicted molar refractivity (Wildman–Crippen MR) is 73.0 cm³/mol. The van der Waals surface area contributed by atoms with Gasteiger partial charge in [0.05, 0.1) is 28.9 Å². The van der Waals surface area contributed by atoms with Gasteiger partial charge in [0, 0.05) is 5.56 Å². The van der Waals surface area contributed by atoms with E-state index >= 15 is 0 Å². The molecule has 0 spiro atoms. The third kappa shape index (κ3) is 2.80. The number of esters is 1. The highest BCUT2D eigenvalue weighted by molar-refractivity contribution is 7.14. The molecule has 0 atom stereocenters. The van der Waals surface area contributed by atoms with Gasteiger partial charge in [-0.1, -0.05) is 12.1 Å². The Balaban J connectivity index is 2.43. The number of aromatic nitrogens is 1. The molecule has 0 aliphatic rings. The number of aryl methyl sites for hydroxylation is 1. The zero-order chi connectivity index (χ0) is 13.8. The molecule has 96 valence electrons. The van der Waals surface area contributed by atoms with Crippen LogP contribution >= 0.6 is 11.3 Å². The van der Waals surface area contributed by atoms with E-state index in [1.54, 1.807) is 31.2 Å². The van der Waals surface area contributed by atoms with E-state index in [-0.39, 0.29) is 5.97 Å². The van der Waals surface area contributed by atoms with Gasteiger partial charge in [0.2, 0.25) is 0 Å². The minimum atomic E-state index is -0.354. The van der Waals surface area contributed by atoms with Crippen LogP contribution in [-0.2, 0) is 4.74 Å². The third-order valence-corrected chi connectivity index (χ3v) is 3.43. The summed E-state index contributed by atoms with van der Waals surface area (Å²) in [5.41, 5.74) is 2.00. The number of nitrogens with zero attached hydrogens (tertiary/aromatic N) is 2. The quantitative estimate of drug-likeness (QED) is 0.805. The van der Waals surface area contributed by atoms with E-state index in [1.807, 2.05) is 6.92 Å². The molecule has 0 amide bonds. The van der Waals surface area contributed by atoms with Gasteiger partial charge in [0.1, 0.15) is 4.88 Å². The lowest BCUT2D eigenvalue weighted by Crippen LogP contribution is -2.03. The van der Waals surface area contributed by atoms with E-state index in [0.29, 0.717) is 22.7 Å². The molecule has 19 heavy (non-hydrogen) atoms. The number of ether oxygens (including phenoxy) is 1. The molecule has 2 rings (SSSR count). The Hall–Kier alpha value is -2.19. The van der Waals surface area contributed by atoms with Crippen LogP contribution in [0.25, 0.3) is 11.3 Å². The van der Waals surface area contributed by atoms with Crippen LogP contribution in [0.5, 0.6) is 0 Å². The van der Waals surface area contributed by atoms with Gasteiger partial charge in [-0.05, 0) is 26.0 Å². The largest absolute Gasteiger partial charge is 0.462 e. The van der Waals surface area contributed by atoms with Gasteiger partial charge < -0.3 is 4.74 Å². The van der Waals surface area contributed by atoms with Crippen LogP contribution < -0.4 is 0 Å². The van der Waals surface area contributed by atoms with Crippen molar-refractivity contribution in [2.45, 2.75) is 13.8 Å². The van der Waals surface area contributed by atoms with Crippen LogP contribution in [0.2, 0.25) is 0 Å². The Morgan fingerprint density at radius 1 is 1.42 bits per heavy atom. The molecule has 1 aromatic heterocycles. The van der Waals surface area contributed by atoms with E-state index in [9.17, 15) is 4.79 Å². The lowest BCUT2D eigenvalue weighted by Gasteiger charge is -2.02. The van der Waals surface area contributed by atoms with Gasteiger partial charge >= 0.3 is 5.97 Å². The van der Waals surface area contributed by atoms with Crippen molar-refractivity contribution < 1.29 is 9.53 Å². The van der Waals surface area contributed by atoms with Crippen LogP contribution in [0.15, 0.2) is 24.3 Å². The topological polar surface area (TPSA) is 63.0 Å². The second-order valence-corrected chi connectivity index (χ2v) is 5.02. The first-order valence-electron chi connectivity index (χ1n) is 5.80. The molecule has 0 saturated heterocycles. The van der Waals surface area contributed by atoms with Gasteiger partial charge in [0.15, 0.2) is 0 Å². The maximum absolute atomic E-state index is 11.9. The fraction of sp³-hybridized carbons (Fsp3) is 0.214. The van der Waals surface area contributed by atoms with E-state index < -0.39 is 0 Å². The summed E-state index contributed by atoms with van der Waals surface area (Å²) in [6, 6.07) is 9.05. The molecule has 5 heteroatoms. The van der Waals surface area contributed by atoms with E-state index in [2.05, 4.69) is 11.1 Å². The molecular weight excluding hydrogens is 260 g/mol. The molecule has 0 unspecified atom stereocenters. The summed E-state index contributed by atoms with van der Waals surface area (Å²) in [6.07, 6.45) is 0. The summed E-state index contributed by atoms with van der Waals surface area (Å²) in [5, 5.41) is 9.59. The molecule has 0 bridgehead atoms. The first kappa shape index (κ1) is 13.2. The van der Waals surface area contributed by atoms with Gasteiger partial charge in [-0.25, -0.2) is 9.78 Å². The van der Waals surface area contributed by atoms with Crippen LogP contribution in [-0.4, -0.2) is 17.6 Å². The Morgan fingerprint density at radius 3 is 2.68 bits per heavy atom. The summed E-state index contributed by atoms with van der Waals surface area (Å²) in [5.74, 6) is -0.354. The molecule has 0 saturated carbocycles. The molecule has 1 heterocycles. The zero-order valence-corrected chi connectivity index (χ0v) is 11.5. The Morgan fingerprint density at radius 2 is 2.11 bits per heavy atom. The molecule has 1 aromatic carbocycles. The van der Waals surface area contributed by atoms with Crippen LogP contribution in [0.1, 0.15) is 27.2 Å². The molecule has 4 nitrogen and oxygen atoms in total. The normalized spacial score (nSPS) is 9.95. The SMILES string of the molecule is CCOC(=O)c1sc(C)nc1-c1ccc(C#N)cc1. The van der Waals surface area contributed by atoms with Crippen molar-refractivity contribution in [3.05, 3.63) is 39.7 Å². The first-order chi connectivity index (χ1) is 9.15. The number of carbonyl (C=O) groups is 1. The monoisotopic (exact) mass is 272 g/mol. The maximum atomic E-state index is 11.9. The highest BCUT2D eigenvalue weighted by Gasteiger charge is 2.19. The highest BCUT2D eigenvalue weighted by Crippen LogP contribution is 2.28. The van der Waals surface area contributed by atoms with Crippen molar-refractivity contribution in [2.24, 2.45) is 0 Å². The number of thiazole rings is 1. The number of benzene rings is 1. The van der Waals surface area contributed by atoms with E-state index in [0.717, 1.165) is 10.6 Å². The van der Waals surface area contributed by atoms with Crippen LogP contribution in [0.3, 0.4) is 0 Å². The van der Waals surface area contributed by atoms with E-state index in [1.165, 1.54) is 11.3 Å². The van der Waals surface area contributed by atoms with Crippen molar-refractivity contribution in [3.8, 4) is 17.3 Å². The minimum absolute atomic E-state index is 0.336. The number of nitriles is 1. The molecular formula is C14H12N2O2S. The van der Waals surface area contributed by atoms with Crippen molar-refractivity contribution in [1.29, 1.82) is 5.26 Å². The molecule has 0 radical (unpaired) electrons. The Labute approximate surface area is 115 Å². The van der Waals surface area contributed by atoms with Gasteiger partial charge in [0.25, 0.3) is 0 Å². The van der Waals surface area contributed by atoms with Crippen molar-refractivity contribution in [1.82, 2.24) is 4.98 Å². The summed E-state index contributed by atoms with van der Waals surface area (Å²) < 4.78 is 5.03. The van der Waals surface area contributed by atoms with E-state index in [4.69, 9.17) is 10.00 Å². The Bertz CT molecular complexity index is 638. The summed E-state index contributed by atoms with van der Waals surface area (Å²) in [6.45, 7) is 3.95. The smallest absolute Gasteiger partial charge is 0.350 e. The van der Waals surface area contributed by atoms with Gasteiger partial charge in [-0.2, -0.15) is 5.26 Å². The first-order valence-corrected chi connectivity index (χ1v) is 6.62. The molecule has 0 N–H and O–H groups in total. The molecule has 0 aliphatic heterocycles.